The van der Waals surface area contributed by atoms with Gasteiger partial charge in [-0.25, -0.2) is 4.79 Å². The van der Waals surface area contributed by atoms with E-state index in [1.54, 1.807) is 19.9 Å². The third-order valence-corrected chi connectivity index (χ3v) is 4.09. The Morgan fingerprint density at radius 3 is 2.33 bits per heavy atom. The molecular weight excluding hydrogens is 310 g/mol. The molecule has 7 nitrogen and oxygen atoms in total. The van der Waals surface area contributed by atoms with Gasteiger partial charge in [-0.3, -0.25) is 10.1 Å². The topological polar surface area (TPSA) is 104 Å². The summed E-state index contributed by atoms with van der Waals surface area (Å²) in [6.07, 6.45) is 2.86. The van der Waals surface area contributed by atoms with Crippen molar-refractivity contribution in [2.24, 2.45) is 0 Å². The Balaban J connectivity index is 2.82. The molecule has 0 aliphatic rings. The van der Waals surface area contributed by atoms with Gasteiger partial charge in [-0.05, 0) is 32.3 Å². The number of benzene rings is 1. The number of nitro groups is 1. The first-order valence-electron chi connectivity index (χ1n) is 8.26. The van der Waals surface area contributed by atoms with Gasteiger partial charge in [0.15, 0.2) is 0 Å². The van der Waals surface area contributed by atoms with Crippen molar-refractivity contribution in [3.05, 3.63) is 33.4 Å². The maximum atomic E-state index is 12.2. The number of nitrogens with zero attached hydrogens (tertiary/aromatic N) is 1. The number of nitrogens with one attached hydrogen (secondary N) is 2. The molecule has 2 amide bonds. The van der Waals surface area contributed by atoms with E-state index in [0.29, 0.717) is 24.1 Å². The van der Waals surface area contributed by atoms with Crippen LogP contribution in [-0.2, 0) is 0 Å². The van der Waals surface area contributed by atoms with E-state index in [4.69, 9.17) is 0 Å². The monoisotopic (exact) mass is 337 g/mol. The van der Waals surface area contributed by atoms with Crippen molar-refractivity contribution in [1.29, 1.82) is 0 Å². The first-order chi connectivity index (χ1) is 11.2. The van der Waals surface area contributed by atoms with Gasteiger partial charge in [0.2, 0.25) is 0 Å². The molecule has 1 aromatic rings. The molecule has 0 fully saturated rings. The third kappa shape index (κ3) is 5.19. The second-order valence-electron chi connectivity index (χ2n) is 6.19. The predicted octanol–water partition coefficient (Wildman–Crippen LogP) is 3.66. The van der Waals surface area contributed by atoms with Crippen molar-refractivity contribution >= 4 is 17.4 Å². The van der Waals surface area contributed by atoms with Gasteiger partial charge in [0.05, 0.1) is 21.8 Å². The molecule has 1 aromatic carbocycles. The third-order valence-electron chi connectivity index (χ3n) is 4.09. The van der Waals surface area contributed by atoms with E-state index < -0.39 is 16.6 Å². The van der Waals surface area contributed by atoms with Gasteiger partial charge in [0.1, 0.15) is 0 Å². The van der Waals surface area contributed by atoms with Crippen LogP contribution >= 0.6 is 0 Å². The highest BCUT2D eigenvalue weighted by Crippen LogP contribution is 2.28. The van der Waals surface area contributed by atoms with Gasteiger partial charge in [-0.15, -0.1) is 0 Å². The molecule has 0 heterocycles. The Labute approximate surface area is 142 Å². The number of anilines is 1. The fourth-order valence-corrected chi connectivity index (χ4v) is 2.86. The van der Waals surface area contributed by atoms with Crippen molar-refractivity contribution in [1.82, 2.24) is 5.32 Å². The molecule has 3 N–H and O–H groups in total. The number of aryl methyl sites for hydroxylation is 1. The molecule has 24 heavy (non-hydrogen) atoms. The van der Waals surface area contributed by atoms with E-state index in [1.165, 1.54) is 6.07 Å². The van der Waals surface area contributed by atoms with Crippen LogP contribution < -0.4 is 10.6 Å². The van der Waals surface area contributed by atoms with Crippen LogP contribution in [0.15, 0.2) is 12.1 Å². The van der Waals surface area contributed by atoms with Crippen LogP contribution in [-0.4, -0.2) is 28.2 Å². The van der Waals surface area contributed by atoms with Crippen molar-refractivity contribution < 1.29 is 14.8 Å². The number of urea groups is 1. The van der Waals surface area contributed by atoms with Crippen molar-refractivity contribution in [3.63, 3.8) is 0 Å². The average molecular weight is 337 g/mol. The number of hydrogen-bond acceptors (Lipinski definition) is 4. The normalized spacial score (nSPS) is 11.2. The fourth-order valence-electron chi connectivity index (χ4n) is 2.86. The van der Waals surface area contributed by atoms with Crippen LogP contribution in [0.4, 0.5) is 16.2 Å². The van der Waals surface area contributed by atoms with Gasteiger partial charge in [-0.2, -0.15) is 0 Å². The van der Waals surface area contributed by atoms with Gasteiger partial charge in [0.25, 0.3) is 5.69 Å². The molecule has 0 saturated carbocycles. The SMILES string of the molecule is CCCC(O)(CCC)CNC(=O)Nc1c(C)ccc([N+](=O)[O-])c1C. The lowest BCUT2D eigenvalue weighted by atomic mass is 9.93. The standard InChI is InChI=1S/C17H27N3O4/c1-5-9-17(22,10-6-2)11-18-16(21)19-15-12(3)7-8-14(13(15)4)20(23)24/h7-8,22H,5-6,9-11H2,1-4H3,(H2,18,19,21). The molecular formula is C17H27N3O4. The van der Waals surface area contributed by atoms with E-state index >= 15 is 0 Å². The van der Waals surface area contributed by atoms with Crippen LogP contribution in [0.3, 0.4) is 0 Å². The Morgan fingerprint density at radius 2 is 1.83 bits per heavy atom. The molecule has 7 heteroatoms. The maximum absolute atomic E-state index is 12.2. The second kappa shape index (κ2) is 8.63. The number of carbonyl (C=O) groups excluding carboxylic acids is 1. The van der Waals surface area contributed by atoms with Gasteiger partial charge in [0, 0.05) is 12.6 Å². The molecule has 0 bridgehead atoms. The molecule has 0 unspecified atom stereocenters. The van der Waals surface area contributed by atoms with Crippen LogP contribution in [0.5, 0.6) is 0 Å². The first kappa shape index (κ1) is 19.9. The lowest BCUT2D eigenvalue weighted by molar-refractivity contribution is -0.385. The summed E-state index contributed by atoms with van der Waals surface area (Å²) in [5, 5.41) is 26.9. The Bertz CT molecular complexity index is 596. The number of hydrogen-bond donors (Lipinski definition) is 3. The molecule has 134 valence electrons. The summed E-state index contributed by atoms with van der Waals surface area (Å²) >= 11 is 0. The smallest absolute Gasteiger partial charge is 0.319 e. The van der Waals surface area contributed by atoms with E-state index in [-0.39, 0.29) is 12.2 Å². The maximum Gasteiger partial charge on any atom is 0.319 e. The van der Waals surface area contributed by atoms with Gasteiger partial charge in [-0.1, -0.05) is 32.8 Å². The van der Waals surface area contributed by atoms with E-state index in [1.807, 2.05) is 13.8 Å². The molecule has 0 spiro atoms. The summed E-state index contributed by atoms with van der Waals surface area (Å²) in [6.45, 7) is 7.49. The molecule has 0 aliphatic carbocycles. The molecule has 0 saturated heterocycles. The summed E-state index contributed by atoms with van der Waals surface area (Å²) in [5.74, 6) is 0. The highest BCUT2D eigenvalue weighted by molar-refractivity contribution is 5.91. The summed E-state index contributed by atoms with van der Waals surface area (Å²) in [7, 11) is 0. The Kier molecular flexibility index (Phi) is 7.16. The number of nitro benzene ring substituents is 1. The quantitative estimate of drug-likeness (QED) is 0.497. The van der Waals surface area contributed by atoms with Crippen LogP contribution in [0, 0.1) is 24.0 Å². The Morgan fingerprint density at radius 1 is 1.25 bits per heavy atom. The van der Waals surface area contributed by atoms with Gasteiger partial charge < -0.3 is 15.7 Å². The van der Waals surface area contributed by atoms with Gasteiger partial charge >= 0.3 is 6.03 Å². The summed E-state index contributed by atoms with van der Waals surface area (Å²) in [6, 6.07) is 2.55. The van der Waals surface area contributed by atoms with E-state index in [2.05, 4.69) is 10.6 Å². The molecule has 0 radical (unpaired) electrons. The molecule has 0 aliphatic heterocycles. The summed E-state index contributed by atoms with van der Waals surface area (Å²) < 4.78 is 0. The van der Waals surface area contributed by atoms with Crippen molar-refractivity contribution in [3.8, 4) is 0 Å². The zero-order chi connectivity index (χ0) is 18.3. The summed E-state index contributed by atoms with van der Waals surface area (Å²) in [4.78, 5) is 22.7. The number of rotatable bonds is 8. The highest BCUT2D eigenvalue weighted by Gasteiger charge is 2.26. The number of carbonyl (C=O) groups is 1. The molecule has 1 rings (SSSR count). The second-order valence-corrected chi connectivity index (χ2v) is 6.19. The first-order valence-corrected chi connectivity index (χ1v) is 8.26. The Hall–Kier alpha value is -2.15. The molecule has 0 atom stereocenters. The minimum atomic E-state index is -0.923. The highest BCUT2D eigenvalue weighted by atomic mass is 16.6. The largest absolute Gasteiger partial charge is 0.388 e. The van der Waals surface area contributed by atoms with Crippen molar-refractivity contribution in [2.45, 2.75) is 59.0 Å². The minimum Gasteiger partial charge on any atom is -0.388 e. The van der Waals surface area contributed by atoms with Crippen molar-refractivity contribution in [2.75, 3.05) is 11.9 Å². The zero-order valence-electron chi connectivity index (χ0n) is 14.8. The lowest BCUT2D eigenvalue weighted by Crippen LogP contribution is -2.44. The summed E-state index contributed by atoms with van der Waals surface area (Å²) in [5.41, 5.74) is 0.618. The number of amides is 2. The van der Waals surface area contributed by atoms with E-state index in [0.717, 1.165) is 18.4 Å². The minimum absolute atomic E-state index is 0.0376. The average Bonchev–Trinajstić information content (AvgIpc) is 2.49. The zero-order valence-corrected chi connectivity index (χ0v) is 14.8. The predicted molar refractivity (Wildman–Crippen MR) is 94.4 cm³/mol. The van der Waals surface area contributed by atoms with Crippen LogP contribution in [0.1, 0.15) is 50.7 Å². The van der Waals surface area contributed by atoms with Crippen LogP contribution in [0.2, 0.25) is 0 Å². The fraction of sp³-hybridized carbons (Fsp3) is 0.588. The molecule has 0 aromatic heterocycles. The van der Waals surface area contributed by atoms with E-state index in [9.17, 15) is 20.0 Å². The number of aliphatic hydroxyl groups is 1. The van der Waals surface area contributed by atoms with Crippen LogP contribution in [0.25, 0.3) is 0 Å². The lowest BCUT2D eigenvalue weighted by Gasteiger charge is -2.28.